The van der Waals surface area contributed by atoms with Gasteiger partial charge in [-0.2, -0.15) is 0 Å². The normalized spacial score (nSPS) is 21.0. The summed E-state index contributed by atoms with van der Waals surface area (Å²) in [5, 5.41) is 54.0. The zero-order valence-electron chi connectivity index (χ0n) is 38.0. The van der Waals surface area contributed by atoms with Crippen LogP contribution >= 0.6 is 0 Å². The summed E-state index contributed by atoms with van der Waals surface area (Å²) in [6, 6.07) is -0.822. The summed E-state index contributed by atoms with van der Waals surface area (Å²) in [5.41, 5.74) is 0. The minimum atomic E-state index is -1.57. The highest BCUT2D eigenvalue weighted by Crippen LogP contribution is 2.23. The lowest BCUT2D eigenvalue weighted by molar-refractivity contribution is -0.302. The minimum absolute atomic E-state index is 0.198. The van der Waals surface area contributed by atoms with Gasteiger partial charge in [-0.3, -0.25) is 4.79 Å². The summed E-state index contributed by atoms with van der Waals surface area (Å²) >= 11 is 0. The number of nitrogens with one attached hydrogen (secondary N) is 1. The highest BCUT2D eigenvalue weighted by Gasteiger charge is 2.44. The molecule has 6 N–H and O–H groups in total. The number of hydrogen-bond acceptors (Lipinski definition) is 8. The average molecular weight is 836 g/mol. The van der Waals surface area contributed by atoms with Crippen molar-refractivity contribution >= 4 is 5.91 Å². The van der Waals surface area contributed by atoms with Crippen molar-refractivity contribution in [2.45, 2.75) is 262 Å². The van der Waals surface area contributed by atoms with E-state index in [1.54, 1.807) is 6.08 Å². The molecule has 7 unspecified atom stereocenters. The molecule has 1 rings (SSSR count). The summed E-state index contributed by atoms with van der Waals surface area (Å²) in [5.74, 6) is -0.198. The first-order chi connectivity index (χ1) is 28.8. The third-order valence-electron chi connectivity index (χ3n) is 11.7. The van der Waals surface area contributed by atoms with E-state index in [2.05, 4.69) is 43.5 Å². The van der Waals surface area contributed by atoms with E-state index < -0.39 is 49.5 Å². The Kier molecular flexibility index (Phi) is 38.0. The van der Waals surface area contributed by atoms with E-state index in [1.807, 2.05) is 6.08 Å². The lowest BCUT2D eigenvalue weighted by Gasteiger charge is -2.40. The van der Waals surface area contributed by atoms with Crippen molar-refractivity contribution in [3.63, 3.8) is 0 Å². The first-order valence-corrected chi connectivity index (χ1v) is 24.7. The van der Waals surface area contributed by atoms with Crippen LogP contribution in [0.1, 0.15) is 219 Å². The Hall–Kier alpha value is -1.59. The van der Waals surface area contributed by atoms with Crippen molar-refractivity contribution < 1.29 is 39.8 Å². The third-order valence-corrected chi connectivity index (χ3v) is 11.7. The monoisotopic (exact) mass is 836 g/mol. The summed E-state index contributed by atoms with van der Waals surface area (Å²) in [7, 11) is 0. The van der Waals surface area contributed by atoms with Gasteiger partial charge in [-0.1, -0.05) is 204 Å². The first kappa shape index (κ1) is 55.4. The molecule has 1 aliphatic heterocycles. The van der Waals surface area contributed by atoms with E-state index in [-0.39, 0.29) is 12.5 Å². The van der Waals surface area contributed by atoms with Crippen molar-refractivity contribution in [1.82, 2.24) is 5.32 Å². The highest BCUT2D eigenvalue weighted by atomic mass is 16.7. The molecule has 0 aliphatic carbocycles. The zero-order chi connectivity index (χ0) is 43.0. The summed E-state index contributed by atoms with van der Waals surface area (Å²) < 4.78 is 11.1. The van der Waals surface area contributed by atoms with Crippen molar-refractivity contribution in [2.75, 3.05) is 13.2 Å². The molecule has 7 atom stereocenters. The second-order valence-electron chi connectivity index (χ2n) is 17.2. The van der Waals surface area contributed by atoms with Crippen molar-refractivity contribution in [3.8, 4) is 0 Å². The lowest BCUT2D eigenvalue weighted by Crippen LogP contribution is -2.60. The SMILES string of the molecule is CCCCCCCCCCCCCCCCCCCCC/C=C/CC/C=C/CC/C=C/C(O)C(COC1OC(CO)C(O)C(O)C1O)NC(=O)CCCCCCCCC. The zero-order valence-corrected chi connectivity index (χ0v) is 38.0. The van der Waals surface area contributed by atoms with Gasteiger partial charge in [0.1, 0.15) is 24.4 Å². The van der Waals surface area contributed by atoms with Crippen LogP contribution in [0.2, 0.25) is 0 Å². The minimum Gasteiger partial charge on any atom is -0.394 e. The van der Waals surface area contributed by atoms with Crippen molar-refractivity contribution in [2.24, 2.45) is 0 Å². The number of ether oxygens (including phenoxy) is 2. The molecular formula is C50H93NO8. The average Bonchev–Trinajstić information content (AvgIpc) is 3.23. The molecule has 0 spiro atoms. The topological polar surface area (TPSA) is 149 Å². The molecule has 0 bridgehead atoms. The Labute approximate surface area is 361 Å². The van der Waals surface area contributed by atoms with Gasteiger partial charge in [0.2, 0.25) is 5.91 Å². The number of aliphatic hydroxyl groups is 5. The maximum absolute atomic E-state index is 12.8. The second kappa shape index (κ2) is 40.5. The molecule has 9 heteroatoms. The van der Waals surface area contributed by atoms with Gasteiger partial charge in [-0.25, -0.2) is 0 Å². The summed E-state index contributed by atoms with van der Waals surface area (Å²) in [6.45, 7) is 3.70. The fourth-order valence-electron chi connectivity index (χ4n) is 7.72. The Morgan fingerprint density at radius 3 is 1.42 bits per heavy atom. The molecule has 9 nitrogen and oxygen atoms in total. The van der Waals surface area contributed by atoms with Crippen LogP contribution in [0.4, 0.5) is 0 Å². The van der Waals surface area contributed by atoms with Gasteiger partial charge in [-0.15, -0.1) is 0 Å². The molecule has 0 aromatic heterocycles. The smallest absolute Gasteiger partial charge is 0.220 e. The van der Waals surface area contributed by atoms with Crippen LogP contribution in [0, 0.1) is 0 Å². The number of unbranched alkanes of at least 4 members (excludes halogenated alkanes) is 27. The third kappa shape index (κ3) is 31.0. The standard InChI is InChI=1S/C50H93NO8/c1-3-5-7-9-11-12-13-14-15-16-17-18-19-20-21-22-23-24-25-26-27-28-29-30-31-32-34-35-37-39-44(53)43(51-46(54)40-38-36-33-10-8-6-4-2)42-58-50-49(57)48(56)47(55)45(41-52)59-50/h27-28,31-32,37,39,43-45,47-50,52-53,55-57H,3-26,29-30,33-36,38,40-42H2,1-2H3,(H,51,54)/b28-27+,32-31+,39-37+. The summed E-state index contributed by atoms with van der Waals surface area (Å²) in [6.07, 6.45) is 43.9. The number of allylic oxidation sites excluding steroid dienone is 5. The largest absolute Gasteiger partial charge is 0.394 e. The van der Waals surface area contributed by atoms with E-state index in [0.29, 0.717) is 6.42 Å². The Bertz CT molecular complexity index is 1020. The van der Waals surface area contributed by atoms with Gasteiger partial charge in [-0.05, 0) is 44.9 Å². The van der Waals surface area contributed by atoms with E-state index in [1.165, 1.54) is 154 Å². The van der Waals surface area contributed by atoms with E-state index in [0.717, 1.165) is 44.9 Å². The van der Waals surface area contributed by atoms with Crippen LogP contribution in [0.5, 0.6) is 0 Å². The molecule has 0 aromatic carbocycles. The molecule has 0 aromatic rings. The van der Waals surface area contributed by atoms with Gasteiger partial charge in [0.05, 0.1) is 25.4 Å². The predicted octanol–water partition coefficient (Wildman–Crippen LogP) is 10.8. The molecule has 1 aliphatic rings. The van der Waals surface area contributed by atoms with E-state index in [4.69, 9.17) is 9.47 Å². The van der Waals surface area contributed by atoms with Gasteiger partial charge < -0.3 is 40.3 Å². The van der Waals surface area contributed by atoms with Crippen LogP contribution in [0.25, 0.3) is 0 Å². The molecular weight excluding hydrogens is 743 g/mol. The van der Waals surface area contributed by atoms with Crippen LogP contribution in [-0.2, 0) is 14.3 Å². The molecule has 1 amide bonds. The molecule has 59 heavy (non-hydrogen) atoms. The Morgan fingerprint density at radius 1 is 0.559 bits per heavy atom. The van der Waals surface area contributed by atoms with Crippen LogP contribution in [0.3, 0.4) is 0 Å². The second-order valence-corrected chi connectivity index (χ2v) is 17.2. The fourth-order valence-corrected chi connectivity index (χ4v) is 7.72. The molecule has 0 radical (unpaired) electrons. The fraction of sp³-hybridized carbons (Fsp3) is 0.860. The molecule has 1 heterocycles. The molecule has 1 saturated heterocycles. The quantitative estimate of drug-likeness (QED) is 0.0263. The number of hydrogen-bond donors (Lipinski definition) is 6. The van der Waals surface area contributed by atoms with Gasteiger partial charge in [0, 0.05) is 6.42 Å². The van der Waals surface area contributed by atoms with Crippen molar-refractivity contribution in [1.29, 1.82) is 0 Å². The lowest BCUT2D eigenvalue weighted by atomic mass is 9.99. The summed E-state index contributed by atoms with van der Waals surface area (Å²) in [4.78, 5) is 12.8. The number of carbonyl (C=O) groups excluding carboxylic acids is 1. The highest BCUT2D eigenvalue weighted by molar-refractivity contribution is 5.76. The number of amides is 1. The Balaban J connectivity index is 2.19. The maximum Gasteiger partial charge on any atom is 0.220 e. The number of aliphatic hydroxyl groups excluding tert-OH is 5. The van der Waals surface area contributed by atoms with Crippen LogP contribution in [0.15, 0.2) is 36.5 Å². The molecule has 0 saturated carbocycles. The van der Waals surface area contributed by atoms with Crippen LogP contribution < -0.4 is 5.32 Å². The van der Waals surface area contributed by atoms with Gasteiger partial charge in [0.15, 0.2) is 6.29 Å². The first-order valence-electron chi connectivity index (χ1n) is 24.7. The number of rotatable bonds is 41. The van der Waals surface area contributed by atoms with E-state index >= 15 is 0 Å². The molecule has 1 fully saturated rings. The predicted molar refractivity (Wildman–Crippen MR) is 244 cm³/mol. The van der Waals surface area contributed by atoms with Crippen LogP contribution in [-0.4, -0.2) is 87.5 Å². The van der Waals surface area contributed by atoms with Crippen molar-refractivity contribution in [3.05, 3.63) is 36.5 Å². The Morgan fingerprint density at radius 2 is 0.966 bits per heavy atom. The van der Waals surface area contributed by atoms with Gasteiger partial charge >= 0.3 is 0 Å². The number of carbonyl (C=O) groups is 1. The van der Waals surface area contributed by atoms with Gasteiger partial charge in [0.25, 0.3) is 0 Å². The molecule has 346 valence electrons. The van der Waals surface area contributed by atoms with E-state index in [9.17, 15) is 30.3 Å². The maximum atomic E-state index is 12.8.